The van der Waals surface area contributed by atoms with Crippen LogP contribution in [-0.2, 0) is 16.8 Å². The lowest BCUT2D eigenvalue weighted by molar-refractivity contribution is 0.560. The minimum Gasteiger partial charge on any atom is -0.379 e. The molecule has 4 nitrogen and oxygen atoms in total. The maximum atomic E-state index is 10.7. The number of rotatable bonds is 0. The summed E-state index contributed by atoms with van der Waals surface area (Å²) in [7, 11) is 0. The van der Waals surface area contributed by atoms with E-state index in [-0.39, 0.29) is 0 Å². The average Bonchev–Trinajstić information content (AvgIpc) is 2.27. The molecule has 0 saturated heterocycles. The van der Waals surface area contributed by atoms with E-state index in [1.54, 1.807) is 6.20 Å². The molecule has 0 radical (unpaired) electrons. The Hall–Kier alpha value is -0.970. The topological polar surface area (TPSA) is 52.1 Å². The first-order valence-electron chi connectivity index (χ1n) is 2.72. The normalized spacial score (nSPS) is 21.8. The maximum Gasteiger partial charge on any atom is 0.238 e. The van der Waals surface area contributed by atoms with Gasteiger partial charge < -0.3 is 4.18 Å². The Morgan fingerprint density at radius 2 is 2.60 bits per heavy atom. The van der Waals surface area contributed by atoms with E-state index in [1.165, 1.54) is 6.33 Å². The van der Waals surface area contributed by atoms with E-state index in [1.807, 2.05) is 0 Å². The number of nitrogens with zero attached hydrogens (tertiary/aromatic N) is 2. The average molecular weight is 156 g/mol. The third-order valence-corrected chi connectivity index (χ3v) is 2.08. The lowest BCUT2D eigenvalue weighted by Gasteiger charge is -1.89. The molecule has 2 heterocycles. The molecular weight excluding hydrogens is 152 g/mol. The van der Waals surface area contributed by atoms with E-state index in [2.05, 4.69) is 9.97 Å². The van der Waals surface area contributed by atoms with Gasteiger partial charge in [-0.2, -0.15) is 0 Å². The molecule has 52 valence electrons. The van der Waals surface area contributed by atoms with Crippen LogP contribution in [0.4, 0.5) is 0 Å². The molecule has 5 heteroatoms. The fourth-order valence-electron chi connectivity index (χ4n) is 0.766. The van der Waals surface area contributed by atoms with Crippen LogP contribution in [0.2, 0.25) is 0 Å². The third kappa shape index (κ3) is 0.786. The van der Waals surface area contributed by atoms with Crippen molar-refractivity contribution in [3.63, 3.8) is 0 Å². The molecule has 1 atom stereocenters. The molecule has 0 aromatic carbocycles. The SMILES string of the molecule is O=S1Cc2cncnc2O1. The van der Waals surface area contributed by atoms with Crippen LogP contribution >= 0.6 is 0 Å². The first kappa shape index (κ1) is 5.79. The summed E-state index contributed by atoms with van der Waals surface area (Å²) in [5, 5.41) is 0. The van der Waals surface area contributed by atoms with Gasteiger partial charge in [-0.15, -0.1) is 0 Å². The molecule has 0 saturated carbocycles. The van der Waals surface area contributed by atoms with E-state index < -0.39 is 11.1 Å². The van der Waals surface area contributed by atoms with Crippen LogP contribution < -0.4 is 4.18 Å². The predicted molar refractivity (Wildman–Crippen MR) is 34.5 cm³/mol. The van der Waals surface area contributed by atoms with Crippen molar-refractivity contribution in [1.82, 2.24) is 9.97 Å². The molecule has 1 aliphatic heterocycles. The van der Waals surface area contributed by atoms with Gasteiger partial charge in [-0.05, 0) is 0 Å². The van der Waals surface area contributed by atoms with Crippen molar-refractivity contribution in [3.8, 4) is 5.88 Å². The van der Waals surface area contributed by atoms with Crippen LogP contribution in [0, 0.1) is 0 Å². The molecule has 0 aliphatic carbocycles. The molecule has 1 aromatic heterocycles. The first-order valence-corrected chi connectivity index (χ1v) is 3.96. The highest BCUT2D eigenvalue weighted by Crippen LogP contribution is 2.22. The summed E-state index contributed by atoms with van der Waals surface area (Å²) in [4.78, 5) is 7.55. The molecule has 1 aromatic rings. The Bertz CT molecular complexity index is 262. The summed E-state index contributed by atoms with van der Waals surface area (Å²) >= 11 is -1.22. The smallest absolute Gasteiger partial charge is 0.238 e. The van der Waals surface area contributed by atoms with Gasteiger partial charge in [-0.1, -0.05) is 0 Å². The zero-order valence-corrected chi connectivity index (χ0v) is 5.80. The summed E-state index contributed by atoms with van der Waals surface area (Å²) in [6, 6.07) is 0. The molecule has 0 fully saturated rings. The van der Waals surface area contributed by atoms with Crippen molar-refractivity contribution >= 4 is 11.1 Å². The van der Waals surface area contributed by atoms with Gasteiger partial charge in [0.2, 0.25) is 17.0 Å². The fourth-order valence-corrected chi connectivity index (χ4v) is 1.60. The molecule has 1 aliphatic rings. The molecule has 2 rings (SSSR count). The van der Waals surface area contributed by atoms with Crippen LogP contribution in [0.15, 0.2) is 12.5 Å². The van der Waals surface area contributed by atoms with Crippen molar-refractivity contribution in [2.75, 3.05) is 0 Å². The van der Waals surface area contributed by atoms with Gasteiger partial charge in [0.05, 0.1) is 5.75 Å². The van der Waals surface area contributed by atoms with Crippen molar-refractivity contribution in [2.45, 2.75) is 5.75 Å². The zero-order valence-electron chi connectivity index (χ0n) is 4.98. The van der Waals surface area contributed by atoms with Gasteiger partial charge in [0.1, 0.15) is 6.33 Å². The molecule has 0 spiro atoms. The van der Waals surface area contributed by atoms with E-state index in [9.17, 15) is 4.21 Å². The second-order valence-corrected chi connectivity index (χ2v) is 2.95. The zero-order chi connectivity index (χ0) is 6.97. The summed E-state index contributed by atoms with van der Waals surface area (Å²) in [5.41, 5.74) is 0.820. The van der Waals surface area contributed by atoms with Gasteiger partial charge in [0.25, 0.3) is 0 Å². The van der Waals surface area contributed by atoms with Crippen LogP contribution in [-0.4, -0.2) is 14.2 Å². The van der Waals surface area contributed by atoms with Crippen LogP contribution in [0.1, 0.15) is 5.56 Å². The summed E-state index contributed by atoms with van der Waals surface area (Å²) < 4.78 is 15.5. The molecular formula is C5H4N2O2S. The number of aromatic nitrogens is 2. The quantitative estimate of drug-likeness (QED) is 0.532. The van der Waals surface area contributed by atoms with E-state index in [0.717, 1.165) is 5.56 Å². The minimum atomic E-state index is -1.22. The van der Waals surface area contributed by atoms with Crippen molar-refractivity contribution in [3.05, 3.63) is 18.1 Å². The van der Waals surface area contributed by atoms with Gasteiger partial charge in [-0.3, -0.25) is 0 Å². The standard InChI is InChI=1S/C5H4N2O2S/c8-10-2-4-1-6-3-7-5(4)9-10/h1,3H,2H2. The van der Waals surface area contributed by atoms with E-state index in [0.29, 0.717) is 11.6 Å². The molecule has 1 unspecified atom stereocenters. The highest BCUT2D eigenvalue weighted by Gasteiger charge is 2.19. The van der Waals surface area contributed by atoms with E-state index in [4.69, 9.17) is 4.18 Å². The van der Waals surface area contributed by atoms with Crippen molar-refractivity contribution in [2.24, 2.45) is 0 Å². The van der Waals surface area contributed by atoms with Gasteiger partial charge in [-0.25, -0.2) is 14.2 Å². The van der Waals surface area contributed by atoms with Crippen molar-refractivity contribution in [1.29, 1.82) is 0 Å². The highest BCUT2D eigenvalue weighted by atomic mass is 32.2. The largest absolute Gasteiger partial charge is 0.379 e. The monoisotopic (exact) mass is 156 g/mol. The lowest BCUT2D eigenvalue weighted by Crippen LogP contribution is -1.91. The summed E-state index contributed by atoms with van der Waals surface area (Å²) in [6.45, 7) is 0. The number of hydrogen-bond donors (Lipinski definition) is 0. The lowest BCUT2D eigenvalue weighted by atomic mass is 10.4. The first-order chi connectivity index (χ1) is 4.86. The van der Waals surface area contributed by atoms with Crippen LogP contribution in [0.25, 0.3) is 0 Å². The maximum absolute atomic E-state index is 10.7. The fraction of sp³-hybridized carbons (Fsp3) is 0.200. The second kappa shape index (κ2) is 2.02. The number of fused-ring (bicyclic) bond motifs is 1. The van der Waals surface area contributed by atoms with Crippen molar-refractivity contribution < 1.29 is 8.39 Å². The van der Waals surface area contributed by atoms with Gasteiger partial charge >= 0.3 is 0 Å². The Balaban J connectivity index is 2.51. The minimum absolute atomic E-state index is 0.413. The van der Waals surface area contributed by atoms with E-state index >= 15 is 0 Å². The van der Waals surface area contributed by atoms with Gasteiger partial charge in [0.15, 0.2) is 0 Å². The summed E-state index contributed by atoms with van der Waals surface area (Å²) in [6.07, 6.45) is 2.99. The summed E-state index contributed by atoms with van der Waals surface area (Å²) in [5.74, 6) is 0.865. The predicted octanol–water partition coefficient (Wildman–Crippen LogP) is 0.0327. The Labute approximate surface area is 59.9 Å². The Morgan fingerprint density at radius 1 is 1.70 bits per heavy atom. The van der Waals surface area contributed by atoms with Crippen LogP contribution in [0.5, 0.6) is 5.88 Å². The molecule has 0 N–H and O–H groups in total. The third-order valence-electron chi connectivity index (χ3n) is 1.19. The highest BCUT2D eigenvalue weighted by molar-refractivity contribution is 7.80. The number of hydrogen-bond acceptors (Lipinski definition) is 4. The second-order valence-electron chi connectivity index (χ2n) is 1.88. The molecule has 0 amide bonds. The molecule has 10 heavy (non-hydrogen) atoms. The van der Waals surface area contributed by atoms with Crippen LogP contribution in [0.3, 0.4) is 0 Å². The van der Waals surface area contributed by atoms with Gasteiger partial charge in [0, 0.05) is 11.8 Å². The Morgan fingerprint density at radius 3 is 3.40 bits per heavy atom. The Kier molecular flexibility index (Phi) is 1.17. The molecule has 0 bridgehead atoms.